The zero-order valence-corrected chi connectivity index (χ0v) is 28.1. The number of rotatable bonds is 11. The monoisotopic (exact) mass is 693 g/mol. The van der Waals surface area contributed by atoms with Crippen LogP contribution in [0.2, 0.25) is 0 Å². The summed E-state index contributed by atoms with van der Waals surface area (Å²) in [6.45, 7) is 5.64. The molecule has 2 aromatic carbocycles. The Labute approximate surface area is 280 Å². The fourth-order valence-electron chi connectivity index (χ4n) is 6.75. The molecular formula is C36H41F6N3O4. The Balaban J connectivity index is 1.75. The maximum atomic E-state index is 16.6. The van der Waals surface area contributed by atoms with Gasteiger partial charge in [-0.3, -0.25) is 14.9 Å². The number of carboxylic acid groups (broad SMARTS) is 1. The van der Waals surface area contributed by atoms with Gasteiger partial charge in [0.15, 0.2) is 6.23 Å². The highest BCUT2D eigenvalue weighted by atomic mass is 19.4. The van der Waals surface area contributed by atoms with Crippen molar-refractivity contribution in [2.24, 2.45) is 5.92 Å². The number of halogens is 6. The van der Waals surface area contributed by atoms with Crippen molar-refractivity contribution in [2.75, 3.05) is 20.6 Å². The minimum Gasteiger partial charge on any atom is -0.481 e. The minimum atomic E-state index is -4.81. The fourth-order valence-corrected chi connectivity index (χ4v) is 6.75. The van der Waals surface area contributed by atoms with Gasteiger partial charge in [-0.25, -0.2) is 13.2 Å². The molecule has 5 rings (SSSR count). The van der Waals surface area contributed by atoms with Crippen LogP contribution in [0, 0.1) is 30.3 Å². The number of alkyl halides is 3. The topological polar surface area (TPSA) is 83.8 Å². The number of nitrogens with one attached hydrogen (secondary N) is 1. The Morgan fingerprint density at radius 1 is 1.10 bits per heavy atom. The van der Waals surface area contributed by atoms with E-state index in [1.54, 1.807) is 14.1 Å². The van der Waals surface area contributed by atoms with Gasteiger partial charge in [-0.05, 0) is 100 Å². The summed E-state index contributed by atoms with van der Waals surface area (Å²) in [5.41, 5.74) is -2.23. The summed E-state index contributed by atoms with van der Waals surface area (Å²) in [7, 11) is 3.57. The number of hydrogen-bond acceptors (Lipinski definition) is 5. The molecule has 266 valence electrons. The van der Waals surface area contributed by atoms with Crippen LogP contribution in [0.3, 0.4) is 0 Å². The Morgan fingerprint density at radius 2 is 1.80 bits per heavy atom. The zero-order valence-electron chi connectivity index (χ0n) is 28.1. The highest BCUT2D eigenvalue weighted by molar-refractivity contribution is 5.77. The number of pyridine rings is 1. The van der Waals surface area contributed by atoms with E-state index in [0.717, 1.165) is 16.8 Å². The molecule has 0 radical (unpaired) electrons. The van der Waals surface area contributed by atoms with Crippen LogP contribution >= 0.6 is 0 Å². The Bertz CT molecular complexity index is 1780. The van der Waals surface area contributed by atoms with Gasteiger partial charge in [-0.15, -0.1) is 0 Å². The van der Waals surface area contributed by atoms with Crippen molar-refractivity contribution in [2.45, 2.75) is 89.7 Å². The SMILES string of the molecule is Cc1cc(F)cc2c1-c1cc(C3CC3)c(F)c(c1F)[C@H](CC(=O)O)NC(C(CC(C)C)n1cc(CCCN(C)C)c(C(F)(F)F)cc1=O)O2. The minimum absolute atomic E-state index is 0.0122. The normalized spacial score (nSPS) is 18.5. The molecule has 3 aromatic rings. The lowest BCUT2D eigenvalue weighted by atomic mass is 9.90. The molecule has 2 aliphatic rings. The number of aryl methyl sites for hydroxylation is 2. The first-order valence-electron chi connectivity index (χ1n) is 16.4. The van der Waals surface area contributed by atoms with Crippen LogP contribution in [-0.2, 0) is 17.4 Å². The van der Waals surface area contributed by atoms with E-state index in [9.17, 15) is 27.9 Å². The molecule has 2 bridgehead atoms. The van der Waals surface area contributed by atoms with Crippen molar-refractivity contribution in [3.8, 4) is 16.9 Å². The van der Waals surface area contributed by atoms with Gasteiger partial charge in [0.25, 0.3) is 5.56 Å². The van der Waals surface area contributed by atoms with Crippen molar-refractivity contribution >= 4 is 5.97 Å². The van der Waals surface area contributed by atoms with Gasteiger partial charge in [-0.2, -0.15) is 13.2 Å². The number of hydrogen-bond donors (Lipinski definition) is 2. The Hall–Kier alpha value is -3.84. The number of benzene rings is 2. The van der Waals surface area contributed by atoms with Crippen LogP contribution in [0.1, 0.15) is 91.8 Å². The molecule has 1 saturated carbocycles. The third-order valence-corrected chi connectivity index (χ3v) is 9.10. The molecule has 7 nitrogen and oxygen atoms in total. The van der Waals surface area contributed by atoms with Gasteiger partial charge in [0.2, 0.25) is 0 Å². The lowest BCUT2D eigenvalue weighted by molar-refractivity contribution is -0.139. The van der Waals surface area contributed by atoms with Crippen LogP contribution in [0.4, 0.5) is 26.3 Å². The number of fused-ring (bicyclic) bond motifs is 4. The molecule has 3 atom stereocenters. The summed E-state index contributed by atoms with van der Waals surface area (Å²) in [4.78, 5) is 27.6. The van der Waals surface area contributed by atoms with E-state index < -0.39 is 71.0 Å². The first kappa shape index (κ1) is 36.4. The van der Waals surface area contributed by atoms with E-state index in [2.05, 4.69) is 5.32 Å². The van der Waals surface area contributed by atoms with Crippen molar-refractivity contribution in [1.29, 1.82) is 0 Å². The summed E-state index contributed by atoms with van der Waals surface area (Å²) in [6, 6.07) is 1.44. The second-order valence-electron chi connectivity index (χ2n) is 13.8. The lowest BCUT2D eigenvalue weighted by Crippen LogP contribution is -2.47. The lowest BCUT2D eigenvalue weighted by Gasteiger charge is -2.34. The quantitative estimate of drug-likeness (QED) is 0.200. The van der Waals surface area contributed by atoms with Gasteiger partial charge in [0.1, 0.15) is 23.2 Å². The molecule has 49 heavy (non-hydrogen) atoms. The molecule has 1 aromatic heterocycles. The van der Waals surface area contributed by atoms with Crippen LogP contribution in [-0.4, -0.2) is 47.4 Å². The van der Waals surface area contributed by atoms with Gasteiger partial charge in [0, 0.05) is 35.0 Å². The second kappa shape index (κ2) is 14.2. The second-order valence-corrected chi connectivity index (χ2v) is 13.8. The van der Waals surface area contributed by atoms with Gasteiger partial charge in [0.05, 0.1) is 24.1 Å². The smallest absolute Gasteiger partial charge is 0.416 e. The molecule has 1 fully saturated rings. The molecule has 2 heterocycles. The van der Waals surface area contributed by atoms with Gasteiger partial charge in [-0.1, -0.05) is 13.8 Å². The average molecular weight is 694 g/mol. The number of ether oxygens (including phenoxy) is 1. The Morgan fingerprint density at radius 3 is 2.39 bits per heavy atom. The average Bonchev–Trinajstić information content (AvgIpc) is 3.81. The molecule has 0 spiro atoms. The van der Waals surface area contributed by atoms with E-state index in [4.69, 9.17) is 4.74 Å². The number of aliphatic carboxylic acids is 1. The number of nitrogens with zero attached hydrogens (tertiary/aromatic N) is 2. The van der Waals surface area contributed by atoms with Crippen molar-refractivity contribution in [1.82, 2.24) is 14.8 Å². The van der Waals surface area contributed by atoms with E-state index >= 15 is 13.2 Å². The van der Waals surface area contributed by atoms with E-state index in [1.165, 1.54) is 19.1 Å². The first-order chi connectivity index (χ1) is 23.0. The molecule has 2 N–H and O–H groups in total. The highest BCUT2D eigenvalue weighted by Gasteiger charge is 2.40. The third kappa shape index (κ3) is 7.98. The largest absolute Gasteiger partial charge is 0.481 e. The van der Waals surface area contributed by atoms with Crippen LogP contribution in [0.5, 0.6) is 5.75 Å². The summed E-state index contributed by atoms with van der Waals surface area (Å²) < 4.78 is 98.0. The summed E-state index contributed by atoms with van der Waals surface area (Å²) in [6.07, 6.45) is -4.17. The predicted molar refractivity (Wildman–Crippen MR) is 172 cm³/mol. The molecular weight excluding hydrogens is 652 g/mol. The summed E-state index contributed by atoms with van der Waals surface area (Å²) >= 11 is 0. The molecule has 1 aliphatic carbocycles. The fraction of sp³-hybridized carbons (Fsp3) is 0.500. The van der Waals surface area contributed by atoms with Crippen molar-refractivity contribution in [3.05, 3.63) is 86.1 Å². The summed E-state index contributed by atoms with van der Waals surface area (Å²) in [5, 5.41) is 12.9. The number of carboxylic acids is 1. The Kier molecular flexibility index (Phi) is 10.5. The standard InChI is InChI=1S/C36H41F6N3O4/c1-18(2)11-27(45-17-21(7-6-10-44(4)5)25(15-29(45)46)36(40,41)42)35-43-26(16-30(47)48)32-33(38)23(20-8-9-20)14-24(34(32)39)31-19(3)12-22(37)13-28(31)49-35/h12-15,17-18,20,26-27,35,43H,6-11,16H2,1-5H3,(H,47,48)/t26-,27?,35?/m0/s1. The molecule has 13 heteroatoms. The zero-order chi connectivity index (χ0) is 35.9. The third-order valence-electron chi connectivity index (χ3n) is 9.10. The summed E-state index contributed by atoms with van der Waals surface area (Å²) in [5.74, 6) is -4.60. The van der Waals surface area contributed by atoms with Crippen LogP contribution < -0.4 is 15.6 Å². The van der Waals surface area contributed by atoms with E-state index in [0.29, 0.717) is 31.9 Å². The highest BCUT2D eigenvalue weighted by Crippen LogP contribution is 2.48. The molecule has 0 saturated heterocycles. The van der Waals surface area contributed by atoms with Gasteiger partial charge >= 0.3 is 12.1 Å². The molecule has 0 amide bonds. The van der Waals surface area contributed by atoms with Crippen LogP contribution in [0.15, 0.2) is 35.3 Å². The van der Waals surface area contributed by atoms with Crippen LogP contribution in [0.25, 0.3) is 11.1 Å². The predicted octanol–water partition coefficient (Wildman–Crippen LogP) is 7.74. The molecule has 1 aliphatic heterocycles. The van der Waals surface area contributed by atoms with Crippen molar-refractivity contribution < 1.29 is 41.0 Å². The first-order valence-corrected chi connectivity index (χ1v) is 16.4. The number of aromatic nitrogens is 1. The molecule has 2 unspecified atom stereocenters. The van der Waals surface area contributed by atoms with Crippen molar-refractivity contribution in [3.63, 3.8) is 0 Å². The maximum Gasteiger partial charge on any atom is 0.416 e. The maximum absolute atomic E-state index is 16.6. The van der Waals surface area contributed by atoms with E-state index in [-0.39, 0.29) is 58.2 Å². The van der Waals surface area contributed by atoms with E-state index in [1.807, 2.05) is 18.7 Å². The van der Waals surface area contributed by atoms with Gasteiger partial charge < -0.3 is 19.3 Å². The number of carbonyl (C=O) groups is 1.